The minimum Gasteiger partial charge on any atom is -0.464 e. The molecule has 2 saturated carbocycles. The number of fused-ring (bicyclic) bond motifs is 1. The smallest absolute Gasteiger partial charge is 0.338 e. The van der Waals surface area contributed by atoms with Crippen molar-refractivity contribution in [3.63, 3.8) is 0 Å². The van der Waals surface area contributed by atoms with Crippen molar-refractivity contribution in [2.45, 2.75) is 116 Å². The van der Waals surface area contributed by atoms with E-state index in [1.165, 1.54) is 31.2 Å². The number of hydrogen-bond donors (Lipinski definition) is 1. The topological polar surface area (TPSA) is 187 Å². The third-order valence-electron chi connectivity index (χ3n) is 10.9. The van der Waals surface area contributed by atoms with E-state index in [0.29, 0.717) is 6.42 Å². The summed E-state index contributed by atoms with van der Waals surface area (Å²) in [7, 11) is 0. The fourth-order valence-corrected chi connectivity index (χ4v) is 8.67. The highest BCUT2D eigenvalue weighted by molar-refractivity contribution is 5.90. The molecule has 54 heavy (non-hydrogen) atoms. The maximum Gasteiger partial charge on any atom is 0.338 e. The first-order valence-electron chi connectivity index (χ1n) is 18.0. The fraction of sp³-hybridized carbons (Fsp3) is 0.550. The molecule has 1 spiro atoms. The Balaban J connectivity index is 1.91. The summed E-state index contributed by atoms with van der Waals surface area (Å²) < 4.78 is 43.7. The standard InChI is InChI=1S/C40H48O14/c1-9-22(2)34(44)48-21-39-31(50-24(4)42)28(49-23(3)41)20-38(8,47)40(39)32(51-25(5)43)29(37(6,7)54-40)30(52-35(45)26-16-12-10-13-17-26)33(39)53-36(46)27-18-14-11-15-19-27/h10-19,22,28-33,47H,9,20-21H2,1-8H3. The molecule has 3 fully saturated rings. The van der Waals surface area contributed by atoms with Crippen molar-refractivity contribution in [3.8, 4) is 0 Å². The highest BCUT2D eigenvalue weighted by Gasteiger charge is 2.89. The van der Waals surface area contributed by atoms with Crippen molar-refractivity contribution in [1.29, 1.82) is 0 Å². The van der Waals surface area contributed by atoms with Gasteiger partial charge in [-0.15, -0.1) is 0 Å². The third-order valence-corrected chi connectivity index (χ3v) is 10.9. The van der Waals surface area contributed by atoms with Crippen LogP contribution in [-0.2, 0) is 52.3 Å². The Morgan fingerprint density at radius 3 is 1.74 bits per heavy atom. The van der Waals surface area contributed by atoms with E-state index in [-0.39, 0.29) is 11.1 Å². The average molecular weight is 753 g/mol. The lowest BCUT2D eigenvalue weighted by Crippen LogP contribution is -2.85. The van der Waals surface area contributed by atoms with Crippen LogP contribution in [0.25, 0.3) is 0 Å². The molecule has 1 saturated heterocycles. The van der Waals surface area contributed by atoms with E-state index in [2.05, 4.69) is 0 Å². The van der Waals surface area contributed by atoms with E-state index in [9.17, 15) is 33.9 Å². The van der Waals surface area contributed by atoms with E-state index in [4.69, 9.17) is 33.2 Å². The van der Waals surface area contributed by atoms with E-state index < -0.39 is 113 Å². The van der Waals surface area contributed by atoms with Crippen molar-refractivity contribution in [2.75, 3.05) is 6.61 Å². The van der Waals surface area contributed by atoms with Crippen LogP contribution in [0.15, 0.2) is 60.7 Å². The Labute approximate surface area is 313 Å². The van der Waals surface area contributed by atoms with E-state index in [1.54, 1.807) is 64.1 Å². The fourth-order valence-electron chi connectivity index (χ4n) is 8.67. The van der Waals surface area contributed by atoms with Gasteiger partial charge in [0.15, 0.2) is 17.8 Å². The van der Waals surface area contributed by atoms with Crippen LogP contribution in [0.5, 0.6) is 0 Å². The number of benzene rings is 2. The molecular formula is C40H48O14. The number of ether oxygens (including phenoxy) is 7. The molecule has 10 atom stereocenters. The largest absolute Gasteiger partial charge is 0.464 e. The number of aliphatic hydroxyl groups is 1. The van der Waals surface area contributed by atoms with Gasteiger partial charge in [-0.05, 0) is 51.5 Å². The van der Waals surface area contributed by atoms with Crippen LogP contribution in [-0.4, -0.2) is 94.9 Å². The summed E-state index contributed by atoms with van der Waals surface area (Å²) in [6, 6.07) is 15.8. The molecule has 14 heteroatoms. The minimum absolute atomic E-state index is 0.0733. The summed E-state index contributed by atoms with van der Waals surface area (Å²) in [5.74, 6) is -6.86. The second kappa shape index (κ2) is 15.1. The number of esters is 6. The van der Waals surface area contributed by atoms with E-state index >= 15 is 0 Å². The second-order valence-corrected chi connectivity index (χ2v) is 15.0. The molecular weight excluding hydrogens is 704 g/mol. The predicted octanol–water partition coefficient (Wildman–Crippen LogP) is 4.14. The van der Waals surface area contributed by atoms with Crippen LogP contribution >= 0.6 is 0 Å². The van der Waals surface area contributed by atoms with Crippen LogP contribution in [0.4, 0.5) is 0 Å². The summed E-state index contributed by atoms with van der Waals surface area (Å²) in [4.78, 5) is 80.9. The van der Waals surface area contributed by atoms with Gasteiger partial charge in [-0.2, -0.15) is 0 Å². The third kappa shape index (κ3) is 6.97. The molecule has 2 aromatic rings. The summed E-state index contributed by atoms with van der Waals surface area (Å²) >= 11 is 0. The van der Waals surface area contributed by atoms with Gasteiger partial charge in [0.1, 0.15) is 30.3 Å². The van der Waals surface area contributed by atoms with Crippen molar-refractivity contribution in [1.82, 2.24) is 0 Å². The number of hydrogen-bond acceptors (Lipinski definition) is 14. The SMILES string of the molecule is CCC(C)C(=O)OCC12C(OC(C)=O)C(OC(C)=O)CC(C)(O)C13OC(C)(C)C(C(OC(=O)c1ccccc1)C2OC(=O)c1ccccc1)C3OC(C)=O. The lowest BCUT2D eigenvalue weighted by Gasteiger charge is -2.66. The van der Waals surface area contributed by atoms with Gasteiger partial charge in [0, 0.05) is 27.2 Å². The van der Waals surface area contributed by atoms with Gasteiger partial charge in [0.25, 0.3) is 0 Å². The molecule has 0 aromatic heterocycles. The monoisotopic (exact) mass is 752 g/mol. The molecule has 1 aliphatic heterocycles. The maximum atomic E-state index is 14.3. The molecule has 14 nitrogen and oxygen atoms in total. The molecule has 0 radical (unpaired) electrons. The maximum absolute atomic E-state index is 14.3. The van der Waals surface area contributed by atoms with Crippen molar-refractivity contribution < 1.29 is 67.0 Å². The molecule has 1 N–H and O–H groups in total. The Kier molecular flexibility index (Phi) is 11.3. The van der Waals surface area contributed by atoms with Crippen LogP contribution in [0.2, 0.25) is 0 Å². The minimum atomic E-state index is -2.32. The molecule has 10 unspecified atom stereocenters. The first-order chi connectivity index (χ1) is 25.3. The molecule has 292 valence electrons. The van der Waals surface area contributed by atoms with Crippen LogP contribution in [0.3, 0.4) is 0 Å². The van der Waals surface area contributed by atoms with Gasteiger partial charge in [-0.3, -0.25) is 19.2 Å². The first kappa shape index (κ1) is 40.4. The molecule has 2 bridgehead atoms. The highest BCUT2D eigenvalue weighted by atomic mass is 16.7. The highest BCUT2D eigenvalue weighted by Crippen LogP contribution is 2.69. The van der Waals surface area contributed by atoms with Crippen molar-refractivity contribution in [2.24, 2.45) is 17.3 Å². The van der Waals surface area contributed by atoms with Crippen LogP contribution < -0.4 is 0 Å². The van der Waals surface area contributed by atoms with Crippen LogP contribution in [0, 0.1) is 17.3 Å². The van der Waals surface area contributed by atoms with Crippen LogP contribution in [0.1, 0.15) is 88.9 Å². The Morgan fingerprint density at radius 1 is 0.741 bits per heavy atom. The van der Waals surface area contributed by atoms with Gasteiger partial charge in [0.05, 0.1) is 34.2 Å². The number of carbonyl (C=O) groups excluding carboxylic acids is 6. The zero-order valence-electron chi connectivity index (χ0n) is 31.7. The number of rotatable bonds is 11. The summed E-state index contributed by atoms with van der Waals surface area (Å²) in [5, 5.41) is 12.9. The Bertz CT molecular complexity index is 1760. The summed E-state index contributed by atoms with van der Waals surface area (Å²) in [5.41, 5.74) is -8.05. The molecule has 0 amide bonds. The van der Waals surface area contributed by atoms with Gasteiger partial charge < -0.3 is 38.3 Å². The molecule has 2 aromatic carbocycles. The zero-order chi connectivity index (χ0) is 39.8. The lowest BCUT2D eigenvalue weighted by molar-refractivity contribution is -0.363. The second-order valence-electron chi connectivity index (χ2n) is 15.0. The zero-order valence-corrected chi connectivity index (χ0v) is 31.7. The van der Waals surface area contributed by atoms with Gasteiger partial charge in [-0.25, -0.2) is 9.59 Å². The van der Waals surface area contributed by atoms with Gasteiger partial charge in [-0.1, -0.05) is 50.2 Å². The Hall–Kier alpha value is -4.82. The lowest BCUT2D eigenvalue weighted by atomic mass is 9.45. The normalized spacial score (nSPS) is 32.5. The Morgan fingerprint density at radius 2 is 1.24 bits per heavy atom. The van der Waals surface area contributed by atoms with Crippen molar-refractivity contribution >= 4 is 35.8 Å². The first-order valence-corrected chi connectivity index (χ1v) is 18.0. The van der Waals surface area contributed by atoms with Gasteiger partial charge >= 0.3 is 35.8 Å². The predicted molar refractivity (Wildman–Crippen MR) is 187 cm³/mol. The van der Waals surface area contributed by atoms with Gasteiger partial charge in [0.2, 0.25) is 0 Å². The molecule has 5 rings (SSSR count). The quantitative estimate of drug-likeness (QED) is 0.255. The number of carbonyl (C=O) groups is 6. The van der Waals surface area contributed by atoms with Crippen molar-refractivity contribution in [3.05, 3.63) is 71.8 Å². The average Bonchev–Trinajstić information content (AvgIpc) is 3.31. The molecule has 2 aliphatic carbocycles. The molecule has 3 aliphatic rings. The molecule has 1 heterocycles. The van der Waals surface area contributed by atoms with E-state index in [1.807, 2.05) is 0 Å². The summed E-state index contributed by atoms with van der Waals surface area (Å²) in [6.45, 7) is 10.5. The van der Waals surface area contributed by atoms with E-state index in [0.717, 1.165) is 20.8 Å². The summed E-state index contributed by atoms with van der Waals surface area (Å²) in [6.07, 6.45) is -8.23.